The number of aromatic hydroxyl groups is 1. The molecule has 3 aromatic rings. The summed E-state index contributed by atoms with van der Waals surface area (Å²) in [6, 6.07) is 5.61. The minimum atomic E-state index is -0.170. The predicted octanol–water partition coefficient (Wildman–Crippen LogP) is 1.94. The molecule has 3 heterocycles. The van der Waals surface area contributed by atoms with Crippen LogP contribution in [0.15, 0.2) is 24.5 Å². The van der Waals surface area contributed by atoms with Gasteiger partial charge in [-0.2, -0.15) is 9.61 Å². The Morgan fingerprint density at radius 3 is 2.46 bits per heavy atom. The number of morpholine rings is 1. The van der Waals surface area contributed by atoms with E-state index in [-0.39, 0.29) is 11.9 Å². The molecule has 0 saturated carbocycles. The van der Waals surface area contributed by atoms with Crippen molar-refractivity contribution < 1.29 is 19.3 Å². The Kier molecular flexibility index (Phi) is 4.66. The van der Waals surface area contributed by atoms with Crippen LogP contribution in [0.2, 0.25) is 0 Å². The van der Waals surface area contributed by atoms with Crippen molar-refractivity contribution in [2.75, 3.05) is 40.5 Å². The van der Waals surface area contributed by atoms with Crippen molar-refractivity contribution >= 4 is 16.3 Å². The Morgan fingerprint density at radius 1 is 1.15 bits per heavy atom. The molecule has 1 aromatic carbocycles. The van der Waals surface area contributed by atoms with Crippen LogP contribution in [0.1, 0.15) is 16.5 Å². The Labute approximate surface area is 154 Å². The van der Waals surface area contributed by atoms with Crippen LogP contribution in [0.3, 0.4) is 0 Å². The molecule has 1 N–H and O–H groups in total. The SMILES string of the molecule is COc1cc(OC)cc([C@H](c2sc3ncnn3c2O)N2CCOCC2)c1. The van der Waals surface area contributed by atoms with Gasteiger partial charge in [-0.3, -0.25) is 4.90 Å². The molecule has 1 aliphatic heterocycles. The summed E-state index contributed by atoms with van der Waals surface area (Å²) in [5.41, 5.74) is 0.975. The monoisotopic (exact) mass is 376 g/mol. The number of thiazole rings is 1. The largest absolute Gasteiger partial charge is 0.497 e. The van der Waals surface area contributed by atoms with Crippen LogP contribution in [0, 0.1) is 0 Å². The van der Waals surface area contributed by atoms with Crippen molar-refractivity contribution in [3.63, 3.8) is 0 Å². The predicted molar refractivity (Wildman–Crippen MR) is 96.3 cm³/mol. The Hall–Kier alpha value is -2.36. The molecule has 138 valence electrons. The number of hydrogen-bond acceptors (Lipinski definition) is 8. The second-order valence-corrected chi connectivity index (χ2v) is 6.95. The van der Waals surface area contributed by atoms with Gasteiger partial charge in [0.25, 0.3) is 0 Å². The second kappa shape index (κ2) is 7.10. The van der Waals surface area contributed by atoms with Crippen LogP contribution >= 0.6 is 11.3 Å². The first kappa shape index (κ1) is 17.1. The number of hydrogen-bond donors (Lipinski definition) is 1. The highest BCUT2D eigenvalue weighted by Crippen LogP contribution is 2.41. The van der Waals surface area contributed by atoms with Crippen LogP contribution in [0.4, 0.5) is 0 Å². The molecule has 1 saturated heterocycles. The number of benzene rings is 1. The molecule has 0 radical (unpaired) electrons. The van der Waals surface area contributed by atoms with Gasteiger partial charge in [-0.1, -0.05) is 11.3 Å². The minimum Gasteiger partial charge on any atom is -0.497 e. The smallest absolute Gasteiger partial charge is 0.230 e. The first-order valence-corrected chi connectivity index (χ1v) is 9.09. The summed E-state index contributed by atoms with van der Waals surface area (Å²) in [6.07, 6.45) is 1.44. The molecule has 2 aromatic heterocycles. The lowest BCUT2D eigenvalue weighted by atomic mass is 10.0. The van der Waals surface area contributed by atoms with Crippen molar-refractivity contribution in [1.29, 1.82) is 0 Å². The molecule has 8 nitrogen and oxygen atoms in total. The summed E-state index contributed by atoms with van der Waals surface area (Å²) < 4.78 is 17.8. The minimum absolute atomic E-state index is 0.112. The van der Waals surface area contributed by atoms with E-state index in [1.165, 1.54) is 22.2 Å². The third kappa shape index (κ3) is 2.98. The Bertz CT molecular complexity index is 881. The van der Waals surface area contributed by atoms with Crippen molar-refractivity contribution in [3.8, 4) is 17.4 Å². The van der Waals surface area contributed by atoms with Gasteiger partial charge in [0.2, 0.25) is 10.8 Å². The molecule has 9 heteroatoms. The number of aromatic nitrogens is 3. The molecular formula is C17H20N4O4S. The number of methoxy groups -OCH3 is 2. The van der Waals surface area contributed by atoms with Gasteiger partial charge in [0, 0.05) is 19.2 Å². The second-order valence-electron chi connectivity index (χ2n) is 5.94. The standard InChI is InChI=1S/C17H20N4O4S/c1-23-12-7-11(8-13(9-12)24-2)14(20-3-5-25-6-4-20)15-16(22)21-17(26-15)18-10-19-21/h7-10,14,22H,3-6H2,1-2H3/t14-/m1/s1. The van der Waals surface area contributed by atoms with Gasteiger partial charge in [0.15, 0.2) is 0 Å². The van der Waals surface area contributed by atoms with E-state index in [2.05, 4.69) is 15.0 Å². The molecule has 4 rings (SSSR count). The van der Waals surface area contributed by atoms with Crippen LogP contribution in [0.5, 0.6) is 17.4 Å². The lowest BCUT2D eigenvalue weighted by molar-refractivity contribution is 0.0240. The van der Waals surface area contributed by atoms with Crippen LogP contribution < -0.4 is 9.47 Å². The van der Waals surface area contributed by atoms with Gasteiger partial charge >= 0.3 is 0 Å². The van der Waals surface area contributed by atoms with Gasteiger partial charge in [0.1, 0.15) is 17.8 Å². The van der Waals surface area contributed by atoms with E-state index >= 15 is 0 Å². The number of fused-ring (bicyclic) bond motifs is 1. The van der Waals surface area contributed by atoms with E-state index < -0.39 is 0 Å². The summed E-state index contributed by atoms with van der Waals surface area (Å²) in [5, 5.41) is 14.8. The maximum absolute atomic E-state index is 10.7. The molecular weight excluding hydrogens is 356 g/mol. The fraction of sp³-hybridized carbons (Fsp3) is 0.412. The van der Waals surface area contributed by atoms with Crippen LogP contribution in [0.25, 0.3) is 4.96 Å². The molecule has 26 heavy (non-hydrogen) atoms. The normalized spacial score (nSPS) is 16.7. The number of nitrogens with zero attached hydrogens (tertiary/aromatic N) is 4. The van der Waals surface area contributed by atoms with E-state index in [9.17, 15) is 5.11 Å². The summed E-state index contributed by atoms with van der Waals surface area (Å²) in [4.78, 5) is 7.93. The summed E-state index contributed by atoms with van der Waals surface area (Å²) in [7, 11) is 3.26. The molecule has 1 aliphatic rings. The molecule has 1 atom stereocenters. The van der Waals surface area contributed by atoms with E-state index in [0.717, 1.165) is 23.5 Å². The van der Waals surface area contributed by atoms with Gasteiger partial charge < -0.3 is 19.3 Å². The third-order valence-electron chi connectivity index (χ3n) is 4.49. The van der Waals surface area contributed by atoms with E-state index in [1.54, 1.807) is 14.2 Å². The first-order chi connectivity index (χ1) is 12.7. The van der Waals surface area contributed by atoms with Crippen molar-refractivity contribution in [2.45, 2.75) is 6.04 Å². The first-order valence-electron chi connectivity index (χ1n) is 8.27. The highest BCUT2D eigenvalue weighted by Gasteiger charge is 2.31. The van der Waals surface area contributed by atoms with E-state index in [4.69, 9.17) is 14.2 Å². The Morgan fingerprint density at radius 2 is 1.85 bits per heavy atom. The molecule has 0 amide bonds. The molecule has 1 fully saturated rings. The highest BCUT2D eigenvalue weighted by atomic mass is 32.1. The van der Waals surface area contributed by atoms with Gasteiger partial charge in [-0.15, -0.1) is 0 Å². The van der Waals surface area contributed by atoms with Crippen LogP contribution in [-0.4, -0.2) is 65.1 Å². The van der Waals surface area contributed by atoms with Gasteiger partial charge in [-0.05, 0) is 17.7 Å². The summed E-state index contributed by atoms with van der Waals surface area (Å²) in [6.45, 7) is 2.83. The van der Waals surface area contributed by atoms with Crippen molar-refractivity contribution in [3.05, 3.63) is 35.0 Å². The molecule has 0 bridgehead atoms. The zero-order valence-electron chi connectivity index (χ0n) is 14.6. The van der Waals surface area contributed by atoms with Crippen molar-refractivity contribution in [1.82, 2.24) is 19.5 Å². The lowest BCUT2D eigenvalue weighted by Gasteiger charge is -2.34. The summed E-state index contributed by atoms with van der Waals surface area (Å²) >= 11 is 1.43. The Balaban J connectivity index is 1.85. The third-order valence-corrected chi connectivity index (χ3v) is 5.57. The van der Waals surface area contributed by atoms with Gasteiger partial charge in [0.05, 0.1) is 38.4 Å². The molecule has 0 aliphatic carbocycles. The average molecular weight is 376 g/mol. The zero-order chi connectivity index (χ0) is 18.1. The zero-order valence-corrected chi connectivity index (χ0v) is 15.4. The summed E-state index contributed by atoms with van der Waals surface area (Å²) in [5.74, 6) is 1.52. The maximum Gasteiger partial charge on any atom is 0.230 e. The average Bonchev–Trinajstić information content (AvgIpc) is 3.26. The number of ether oxygens (including phenoxy) is 3. The number of rotatable bonds is 5. The topological polar surface area (TPSA) is 81.4 Å². The highest BCUT2D eigenvalue weighted by molar-refractivity contribution is 7.17. The lowest BCUT2D eigenvalue weighted by Crippen LogP contribution is -2.39. The van der Waals surface area contributed by atoms with E-state index in [0.29, 0.717) is 29.7 Å². The molecule has 0 unspecified atom stereocenters. The fourth-order valence-electron chi connectivity index (χ4n) is 3.22. The fourth-order valence-corrected chi connectivity index (χ4v) is 4.31. The maximum atomic E-state index is 10.7. The van der Waals surface area contributed by atoms with Crippen molar-refractivity contribution in [2.24, 2.45) is 0 Å². The molecule has 0 spiro atoms. The van der Waals surface area contributed by atoms with Crippen LogP contribution in [-0.2, 0) is 4.74 Å². The van der Waals surface area contributed by atoms with E-state index in [1.807, 2.05) is 18.2 Å². The quantitative estimate of drug-likeness (QED) is 0.729. The van der Waals surface area contributed by atoms with Gasteiger partial charge in [-0.25, -0.2) is 4.98 Å².